The molecule has 5 atom stereocenters. The SMILES string of the molecule is CO[C@@H]1[C@@H](/C=C/P(=O)(O)O)CC(n2ccc(=O)[nH]c2=O)[C@@H]1OP(O)(=S)OC(C)(C)C. The van der Waals surface area contributed by atoms with Gasteiger partial charge in [-0.2, -0.15) is 0 Å². The van der Waals surface area contributed by atoms with Gasteiger partial charge in [0.05, 0.1) is 17.7 Å². The van der Waals surface area contributed by atoms with E-state index >= 15 is 0 Å². The van der Waals surface area contributed by atoms with Crippen LogP contribution in [-0.4, -0.2) is 49.2 Å². The molecular formula is C16H26N2O9P2S. The van der Waals surface area contributed by atoms with Crippen molar-refractivity contribution in [1.82, 2.24) is 9.55 Å². The van der Waals surface area contributed by atoms with Gasteiger partial charge in [0.2, 0.25) is 0 Å². The summed E-state index contributed by atoms with van der Waals surface area (Å²) in [5.41, 5.74) is -2.11. The van der Waals surface area contributed by atoms with E-state index in [1.54, 1.807) is 20.8 Å². The van der Waals surface area contributed by atoms with Crippen LogP contribution < -0.4 is 11.2 Å². The van der Waals surface area contributed by atoms with E-state index in [1.807, 2.05) is 0 Å². The van der Waals surface area contributed by atoms with Gasteiger partial charge in [-0.05, 0) is 39.0 Å². The number of H-pyrrole nitrogens is 1. The monoisotopic (exact) mass is 484 g/mol. The maximum Gasteiger partial charge on any atom is 0.348 e. The Hall–Kier alpha value is -0.940. The maximum atomic E-state index is 12.3. The number of nitrogens with zero attached hydrogens (tertiary/aromatic N) is 1. The molecule has 0 aliphatic heterocycles. The van der Waals surface area contributed by atoms with Gasteiger partial charge in [0.15, 0.2) is 0 Å². The molecule has 0 bridgehead atoms. The number of ether oxygens (including phenoxy) is 1. The van der Waals surface area contributed by atoms with Crippen LogP contribution in [0.15, 0.2) is 33.7 Å². The second kappa shape index (κ2) is 9.28. The lowest BCUT2D eigenvalue weighted by Crippen LogP contribution is -2.39. The lowest BCUT2D eigenvalue weighted by molar-refractivity contribution is -0.0211. The summed E-state index contributed by atoms with van der Waals surface area (Å²) in [6.45, 7) is 1.27. The van der Waals surface area contributed by atoms with E-state index in [2.05, 4.69) is 4.98 Å². The molecule has 1 aromatic heterocycles. The Morgan fingerprint density at radius 2 is 1.90 bits per heavy atom. The predicted molar refractivity (Wildman–Crippen MR) is 113 cm³/mol. The van der Waals surface area contributed by atoms with Crippen LogP contribution in [0.25, 0.3) is 0 Å². The van der Waals surface area contributed by atoms with Gasteiger partial charge < -0.3 is 28.5 Å². The van der Waals surface area contributed by atoms with Crippen LogP contribution in [0.2, 0.25) is 0 Å². The fraction of sp³-hybridized carbons (Fsp3) is 0.625. The Labute approximate surface area is 178 Å². The summed E-state index contributed by atoms with van der Waals surface area (Å²) >= 11 is 5.13. The quantitative estimate of drug-likeness (QED) is 0.414. The van der Waals surface area contributed by atoms with Crippen molar-refractivity contribution in [1.29, 1.82) is 0 Å². The minimum absolute atomic E-state index is 0.163. The molecule has 1 aromatic rings. The van der Waals surface area contributed by atoms with E-state index in [9.17, 15) is 19.0 Å². The molecule has 0 aromatic carbocycles. The molecule has 1 heterocycles. The molecule has 0 saturated heterocycles. The van der Waals surface area contributed by atoms with Crippen LogP contribution >= 0.6 is 14.3 Å². The van der Waals surface area contributed by atoms with Crippen molar-refractivity contribution in [2.24, 2.45) is 5.92 Å². The average molecular weight is 484 g/mol. The second-order valence-corrected chi connectivity index (χ2v) is 12.0. The highest BCUT2D eigenvalue weighted by molar-refractivity contribution is 8.07. The number of aromatic amines is 1. The molecule has 0 amide bonds. The molecule has 1 fully saturated rings. The molecule has 0 spiro atoms. The van der Waals surface area contributed by atoms with Gasteiger partial charge in [0.1, 0.15) is 6.10 Å². The Bertz CT molecular complexity index is 993. The molecule has 2 unspecified atom stereocenters. The zero-order valence-electron chi connectivity index (χ0n) is 16.9. The number of rotatable bonds is 7. The summed E-state index contributed by atoms with van der Waals surface area (Å²) in [5.74, 6) is 0.167. The number of aromatic nitrogens is 2. The van der Waals surface area contributed by atoms with Crippen LogP contribution in [0.4, 0.5) is 0 Å². The Morgan fingerprint density at radius 3 is 2.40 bits per heavy atom. The van der Waals surface area contributed by atoms with Gasteiger partial charge in [0.25, 0.3) is 5.56 Å². The molecule has 0 radical (unpaired) electrons. The molecule has 2 rings (SSSR count). The van der Waals surface area contributed by atoms with Gasteiger partial charge >= 0.3 is 20.0 Å². The predicted octanol–water partition coefficient (Wildman–Crippen LogP) is 1.22. The van der Waals surface area contributed by atoms with Crippen molar-refractivity contribution in [3.63, 3.8) is 0 Å². The first-order valence-electron chi connectivity index (χ1n) is 8.93. The summed E-state index contributed by atoms with van der Waals surface area (Å²) in [6, 6.07) is 0.392. The molecular weight excluding hydrogens is 458 g/mol. The second-order valence-electron chi connectivity index (χ2n) is 7.86. The molecule has 1 aliphatic carbocycles. The third-order valence-electron chi connectivity index (χ3n) is 4.29. The van der Waals surface area contributed by atoms with Crippen molar-refractivity contribution in [2.45, 2.75) is 51.0 Å². The largest absolute Gasteiger partial charge is 0.378 e. The fourth-order valence-corrected chi connectivity index (χ4v) is 6.06. The zero-order chi connectivity index (χ0) is 22.9. The van der Waals surface area contributed by atoms with Gasteiger partial charge in [-0.3, -0.25) is 18.9 Å². The number of methoxy groups -OCH3 is 1. The Kier molecular flexibility index (Phi) is 7.83. The fourth-order valence-electron chi connectivity index (χ4n) is 3.34. The van der Waals surface area contributed by atoms with E-state index in [1.165, 1.54) is 23.9 Å². The van der Waals surface area contributed by atoms with E-state index in [4.69, 9.17) is 35.4 Å². The highest BCUT2D eigenvalue weighted by Gasteiger charge is 2.47. The van der Waals surface area contributed by atoms with E-state index in [0.717, 1.165) is 11.9 Å². The normalized spacial score (nSPS) is 27.4. The van der Waals surface area contributed by atoms with Crippen molar-refractivity contribution in [2.75, 3.05) is 7.11 Å². The zero-order valence-corrected chi connectivity index (χ0v) is 19.5. The third kappa shape index (κ3) is 7.05. The highest BCUT2D eigenvalue weighted by atomic mass is 32.5. The molecule has 1 saturated carbocycles. The van der Waals surface area contributed by atoms with Crippen molar-refractivity contribution < 1.29 is 33.0 Å². The minimum atomic E-state index is -4.43. The maximum absolute atomic E-state index is 12.3. The van der Waals surface area contributed by atoms with Crippen molar-refractivity contribution in [3.8, 4) is 0 Å². The Morgan fingerprint density at radius 1 is 1.27 bits per heavy atom. The summed E-state index contributed by atoms with van der Waals surface area (Å²) in [4.78, 5) is 54.8. The van der Waals surface area contributed by atoms with E-state index in [-0.39, 0.29) is 6.42 Å². The van der Waals surface area contributed by atoms with Crippen LogP contribution in [0.1, 0.15) is 33.2 Å². The van der Waals surface area contributed by atoms with Gasteiger partial charge in [-0.25, -0.2) is 4.79 Å². The van der Waals surface area contributed by atoms with Gasteiger partial charge in [0, 0.05) is 31.1 Å². The van der Waals surface area contributed by atoms with Gasteiger partial charge in [-0.15, -0.1) is 0 Å². The summed E-state index contributed by atoms with van der Waals surface area (Å²) in [5, 5.41) is 0. The first-order valence-corrected chi connectivity index (χ1v) is 13.2. The smallest absolute Gasteiger partial charge is 0.348 e. The summed E-state index contributed by atoms with van der Waals surface area (Å²) in [7, 11) is -3.07. The van der Waals surface area contributed by atoms with Crippen molar-refractivity contribution >= 4 is 26.1 Å². The molecule has 14 heteroatoms. The first-order chi connectivity index (χ1) is 13.6. The number of nitrogens with one attached hydrogen (secondary N) is 1. The van der Waals surface area contributed by atoms with E-state index in [0.29, 0.717) is 0 Å². The highest BCUT2D eigenvalue weighted by Crippen LogP contribution is 2.53. The van der Waals surface area contributed by atoms with Crippen molar-refractivity contribution in [3.05, 3.63) is 45.0 Å². The molecule has 1 aliphatic rings. The topological polar surface area (TPSA) is 160 Å². The number of hydrogen-bond acceptors (Lipinski definition) is 7. The number of hydrogen-bond donors (Lipinski definition) is 4. The van der Waals surface area contributed by atoms with Crippen LogP contribution in [0.5, 0.6) is 0 Å². The molecule has 4 N–H and O–H groups in total. The van der Waals surface area contributed by atoms with E-state index < -0.39 is 55.3 Å². The molecule has 170 valence electrons. The summed E-state index contributed by atoms with van der Waals surface area (Å²) in [6.07, 6.45) is 0.914. The minimum Gasteiger partial charge on any atom is -0.378 e. The first kappa shape index (κ1) is 25.3. The summed E-state index contributed by atoms with van der Waals surface area (Å²) < 4.78 is 29.2. The standard InChI is InChI=1S/C16H26N2O9P2S/c1-16(2,3)27-29(24,30)26-14-11(18-7-5-12(19)17-15(18)20)9-10(13(14)25-4)6-8-28(21,22)23/h5-8,10-11,13-14H,9H2,1-4H3,(H,24,30)(H,17,19,20)(H2,21,22,23)/b8-6+/t10-,11?,13+,14-,29?/m0/s1. The Balaban J connectivity index is 2.48. The van der Waals surface area contributed by atoms with Gasteiger partial charge in [-0.1, -0.05) is 6.08 Å². The lowest BCUT2D eigenvalue weighted by atomic mass is 10.1. The molecule has 11 nitrogen and oxygen atoms in total. The van der Waals surface area contributed by atoms with Crippen LogP contribution in [0, 0.1) is 5.92 Å². The van der Waals surface area contributed by atoms with Crippen LogP contribution in [0.3, 0.4) is 0 Å². The van der Waals surface area contributed by atoms with Crippen LogP contribution in [-0.2, 0) is 30.2 Å². The molecule has 30 heavy (non-hydrogen) atoms. The average Bonchev–Trinajstić information content (AvgIpc) is 2.86. The third-order valence-corrected chi connectivity index (χ3v) is 6.62. The lowest BCUT2D eigenvalue weighted by Gasteiger charge is -2.32.